The van der Waals surface area contributed by atoms with Crippen molar-refractivity contribution in [2.45, 2.75) is 31.2 Å². The van der Waals surface area contributed by atoms with Gasteiger partial charge in [0.25, 0.3) is 0 Å². The van der Waals surface area contributed by atoms with Gasteiger partial charge in [-0.25, -0.2) is 0 Å². The smallest absolute Gasteiger partial charge is 0.0499 e. The van der Waals surface area contributed by atoms with Gasteiger partial charge < -0.3 is 5.73 Å². The Balaban J connectivity index is 2.32. The molecule has 0 aromatic heterocycles. The van der Waals surface area contributed by atoms with Gasteiger partial charge in [-0.2, -0.15) is 12.6 Å². The van der Waals surface area contributed by atoms with Gasteiger partial charge in [0.2, 0.25) is 0 Å². The summed E-state index contributed by atoms with van der Waals surface area (Å²) in [5, 5.41) is 0.367. The van der Waals surface area contributed by atoms with E-state index in [1.54, 1.807) is 0 Å². The van der Waals surface area contributed by atoms with Crippen molar-refractivity contribution in [2.75, 3.05) is 13.1 Å². The lowest BCUT2D eigenvalue weighted by Crippen LogP contribution is -2.45. The molecule has 0 aromatic carbocycles. The van der Waals surface area contributed by atoms with Crippen molar-refractivity contribution in [1.29, 1.82) is 0 Å². The molecule has 0 bridgehead atoms. The topological polar surface area (TPSA) is 29.3 Å². The fraction of sp³-hybridized carbons (Fsp3) is 1.00. The minimum absolute atomic E-state index is 0.367. The third kappa shape index (κ3) is 2.15. The average molecular weight is 160 g/mol. The molecule has 10 heavy (non-hydrogen) atoms. The molecular weight excluding hydrogens is 144 g/mol. The van der Waals surface area contributed by atoms with Crippen molar-refractivity contribution in [3.63, 3.8) is 0 Å². The number of nitrogens with zero attached hydrogens (tertiary/aromatic N) is 1. The Morgan fingerprint density at radius 1 is 1.70 bits per heavy atom. The van der Waals surface area contributed by atoms with Crippen LogP contribution in [0, 0.1) is 0 Å². The summed E-state index contributed by atoms with van der Waals surface area (Å²) in [6.45, 7) is 4.28. The van der Waals surface area contributed by atoms with Crippen LogP contribution in [0.3, 0.4) is 0 Å². The van der Waals surface area contributed by atoms with Crippen LogP contribution in [0.5, 0.6) is 0 Å². The second kappa shape index (κ2) is 3.60. The Morgan fingerprint density at radius 2 is 2.40 bits per heavy atom. The van der Waals surface area contributed by atoms with Gasteiger partial charge in [0.1, 0.15) is 0 Å². The van der Waals surface area contributed by atoms with E-state index in [1.165, 1.54) is 19.4 Å². The first-order valence-corrected chi connectivity index (χ1v) is 4.39. The molecule has 0 saturated carbocycles. The van der Waals surface area contributed by atoms with E-state index in [4.69, 9.17) is 5.73 Å². The van der Waals surface area contributed by atoms with Crippen molar-refractivity contribution in [3.8, 4) is 0 Å². The molecule has 3 heteroatoms. The van der Waals surface area contributed by atoms with Gasteiger partial charge in [-0.3, -0.25) is 4.90 Å². The molecule has 1 aliphatic rings. The number of nitrogens with two attached hydrogens (primary N) is 1. The van der Waals surface area contributed by atoms with E-state index >= 15 is 0 Å². The maximum Gasteiger partial charge on any atom is 0.0499 e. The number of thiol groups is 1. The van der Waals surface area contributed by atoms with Gasteiger partial charge in [0, 0.05) is 18.0 Å². The lowest BCUT2D eigenvalue weighted by Gasteiger charge is -2.32. The fourth-order valence-electron chi connectivity index (χ4n) is 1.38. The molecule has 2 unspecified atom stereocenters. The summed E-state index contributed by atoms with van der Waals surface area (Å²) in [6.07, 6.45) is 2.41. The summed E-state index contributed by atoms with van der Waals surface area (Å²) in [5.41, 5.74) is 5.79. The Kier molecular flexibility index (Phi) is 3.01. The van der Waals surface area contributed by atoms with Gasteiger partial charge in [-0.1, -0.05) is 0 Å². The monoisotopic (exact) mass is 160 g/mol. The van der Waals surface area contributed by atoms with E-state index in [-0.39, 0.29) is 0 Å². The third-order valence-corrected chi connectivity index (χ3v) is 2.34. The lowest BCUT2D eigenvalue weighted by molar-refractivity contribution is 0.204. The molecule has 1 heterocycles. The predicted molar refractivity (Wildman–Crippen MR) is 47.2 cm³/mol. The molecule has 2 nitrogen and oxygen atoms in total. The maximum absolute atomic E-state index is 5.79. The van der Waals surface area contributed by atoms with Crippen LogP contribution in [-0.2, 0) is 0 Å². The van der Waals surface area contributed by atoms with Crippen LogP contribution in [0.1, 0.15) is 19.8 Å². The summed E-state index contributed by atoms with van der Waals surface area (Å²) >= 11 is 4.35. The van der Waals surface area contributed by atoms with Crippen LogP contribution >= 0.6 is 12.6 Å². The van der Waals surface area contributed by atoms with Crippen molar-refractivity contribution < 1.29 is 0 Å². The first-order valence-electron chi connectivity index (χ1n) is 3.88. The van der Waals surface area contributed by atoms with Crippen LogP contribution in [0.2, 0.25) is 0 Å². The molecule has 0 amide bonds. The van der Waals surface area contributed by atoms with Crippen LogP contribution < -0.4 is 5.73 Å². The highest BCUT2D eigenvalue weighted by Gasteiger charge is 2.18. The van der Waals surface area contributed by atoms with Gasteiger partial charge in [-0.15, -0.1) is 0 Å². The Bertz CT molecular complexity index is 106. The highest BCUT2D eigenvalue weighted by molar-refractivity contribution is 7.80. The number of piperidine rings is 1. The highest BCUT2D eigenvalue weighted by Crippen LogP contribution is 2.12. The Hall–Kier alpha value is 0.270. The molecule has 1 fully saturated rings. The standard InChI is InChI=1S/C7H16N2S/c1-6(10)9-4-2-3-7(8)5-9/h6-7,10H,2-5,8H2,1H3. The highest BCUT2D eigenvalue weighted by atomic mass is 32.1. The van der Waals surface area contributed by atoms with Crippen LogP contribution in [-0.4, -0.2) is 29.4 Å². The molecule has 1 aliphatic heterocycles. The van der Waals surface area contributed by atoms with Gasteiger partial charge >= 0.3 is 0 Å². The van der Waals surface area contributed by atoms with Gasteiger partial charge in [0.15, 0.2) is 0 Å². The van der Waals surface area contributed by atoms with Gasteiger partial charge in [-0.05, 0) is 26.3 Å². The fourth-order valence-corrected chi connectivity index (χ4v) is 1.59. The maximum atomic E-state index is 5.79. The number of rotatable bonds is 1. The molecule has 1 saturated heterocycles. The average Bonchev–Trinajstić information content (AvgIpc) is 1.88. The quantitative estimate of drug-likeness (QED) is 0.553. The molecule has 0 spiro atoms. The lowest BCUT2D eigenvalue weighted by atomic mass is 10.1. The van der Waals surface area contributed by atoms with Crippen molar-refractivity contribution in [3.05, 3.63) is 0 Å². The minimum Gasteiger partial charge on any atom is -0.327 e. The molecule has 0 aromatic rings. The molecule has 2 atom stereocenters. The zero-order chi connectivity index (χ0) is 7.56. The zero-order valence-corrected chi connectivity index (χ0v) is 7.35. The van der Waals surface area contributed by atoms with Crippen LogP contribution in [0.15, 0.2) is 0 Å². The summed E-state index contributed by atoms with van der Waals surface area (Å²) in [5.74, 6) is 0. The number of hydrogen-bond acceptors (Lipinski definition) is 3. The van der Waals surface area contributed by atoms with Crippen LogP contribution in [0.25, 0.3) is 0 Å². The van der Waals surface area contributed by atoms with E-state index in [0.29, 0.717) is 11.4 Å². The Morgan fingerprint density at radius 3 is 2.80 bits per heavy atom. The van der Waals surface area contributed by atoms with Crippen LogP contribution in [0.4, 0.5) is 0 Å². The van der Waals surface area contributed by atoms with E-state index in [1.807, 2.05) is 0 Å². The summed E-state index contributed by atoms with van der Waals surface area (Å²) in [4.78, 5) is 2.32. The molecule has 60 valence electrons. The summed E-state index contributed by atoms with van der Waals surface area (Å²) in [6, 6.07) is 0.378. The summed E-state index contributed by atoms with van der Waals surface area (Å²) < 4.78 is 0. The molecule has 0 aliphatic carbocycles. The molecular formula is C7H16N2S. The zero-order valence-electron chi connectivity index (χ0n) is 6.45. The number of likely N-dealkylation sites (tertiary alicyclic amines) is 1. The first kappa shape index (κ1) is 8.37. The van der Waals surface area contributed by atoms with E-state index in [2.05, 4.69) is 24.5 Å². The molecule has 1 rings (SSSR count). The van der Waals surface area contributed by atoms with E-state index in [0.717, 1.165) is 6.54 Å². The van der Waals surface area contributed by atoms with E-state index in [9.17, 15) is 0 Å². The second-order valence-corrected chi connectivity index (χ2v) is 3.78. The van der Waals surface area contributed by atoms with E-state index < -0.39 is 0 Å². The predicted octanol–water partition coefficient (Wildman–Crippen LogP) is 0.685. The van der Waals surface area contributed by atoms with Crippen molar-refractivity contribution in [1.82, 2.24) is 4.90 Å². The third-order valence-electron chi connectivity index (χ3n) is 2.02. The SMILES string of the molecule is CC(S)N1CCCC(N)C1. The van der Waals surface area contributed by atoms with Crippen molar-refractivity contribution in [2.24, 2.45) is 5.73 Å². The minimum atomic E-state index is 0.367. The normalized spacial score (nSPS) is 32.1. The molecule has 2 N–H and O–H groups in total. The number of hydrogen-bond donors (Lipinski definition) is 2. The largest absolute Gasteiger partial charge is 0.327 e. The van der Waals surface area contributed by atoms with Crippen molar-refractivity contribution >= 4 is 12.6 Å². The molecule has 0 radical (unpaired) electrons. The second-order valence-electron chi connectivity index (χ2n) is 3.03. The van der Waals surface area contributed by atoms with Gasteiger partial charge in [0.05, 0.1) is 0 Å². The Labute approximate surface area is 68.2 Å². The first-order chi connectivity index (χ1) is 4.70. The summed E-state index contributed by atoms with van der Waals surface area (Å²) in [7, 11) is 0.